The highest BCUT2D eigenvalue weighted by Gasteiger charge is 2.29. The molecular formula is C28H35NO4. The molecule has 0 unspecified atom stereocenters. The number of amides is 1. The predicted octanol–water partition coefficient (Wildman–Crippen LogP) is 4.58. The Morgan fingerprint density at radius 3 is 2.52 bits per heavy atom. The zero-order chi connectivity index (χ0) is 23.6. The zero-order valence-electron chi connectivity index (χ0n) is 19.7. The first-order valence-corrected chi connectivity index (χ1v) is 11.8. The van der Waals surface area contributed by atoms with Crippen molar-refractivity contribution in [1.29, 1.82) is 0 Å². The average molecular weight is 450 g/mol. The summed E-state index contributed by atoms with van der Waals surface area (Å²) in [7, 11) is 1.37. The van der Waals surface area contributed by atoms with Crippen LogP contribution in [-0.2, 0) is 22.4 Å². The standard InChI is InChI=1S/C28H35NO4/c1-21(7-6-10-22-8-4-3-5-9-22)26(30)17-15-25-16-18-27(31)29(25)20-19-23-11-13-24(14-12-23)28(32)33-2/h3-5,8-9,11-15,17,21,25-26,30H,6-7,10,16,18-20H2,1-2H3/b17-15+/t21-,25-,26+/m0/s1. The van der Waals surface area contributed by atoms with Crippen LogP contribution in [0.5, 0.6) is 0 Å². The van der Waals surface area contributed by atoms with Crippen LogP contribution in [0.1, 0.15) is 54.1 Å². The molecule has 0 aliphatic carbocycles. The summed E-state index contributed by atoms with van der Waals surface area (Å²) >= 11 is 0. The van der Waals surface area contributed by atoms with Gasteiger partial charge in [0.05, 0.1) is 24.8 Å². The maximum Gasteiger partial charge on any atom is 0.337 e. The highest BCUT2D eigenvalue weighted by atomic mass is 16.5. The van der Waals surface area contributed by atoms with Crippen LogP contribution in [0.25, 0.3) is 0 Å². The molecule has 1 heterocycles. The molecule has 0 saturated carbocycles. The van der Waals surface area contributed by atoms with Crippen molar-refractivity contribution in [2.75, 3.05) is 13.7 Å². The number of rotatable bonds is 11. The van der Waals surface area contributed by atoms with Gasteiger partial charge in [-0.2, -0.15) is 0 Å². The fourth-order valence-corrected chi connectivity index (χ4v) is 4.30. The fraction of sp³-hybridized carbons (Fsp3) is 0.429. The van der Waals surface area contributed by atoms with E-state index in [4.69, 9.17) is 4.74 Å². The molecule has 5 heteroatoms. The fourth-order valence-electron chi connectivity index (χ4n) is 4.30. The first-order chi connectivity index (χ1) is 16.0. The van der Waals surface area contributed by atoms with E-state index >= 15 is 0 Å². The van der Waals surface area contributed by atoms with Gasteiger partial charge in [-0.3, -0.25) is 4.79 Å². The molecule has 1 saturated heterocycles. The Labute approximate surface area is 197 Å². The molecule has 5 nitrogen and oxygen atoms in total. The largest absolute Gasteiger partial charge is 0.465 e. The number of aliphatic hydroxyl groups is 1. The quantitative estimate of drug-likeness (QED) is 0.403. The van der Waals surface area contributed by atoms with Gasteiger partial charge in [-0.05, 0) is 61.3 Å². The molecule has 0 bridgehead atoms. The van der Waals surface area contributed by atoms with E-state index in [0.29, 0.717) is 18.5 Å². The Balaban J connectivity index is 1.47. The molecule has 0 radical (unpaired) electrons. The van der Waals surface area contributed by atoms with Crippen molar-refractivity contribution in [3.8, 4) is 0 Å². The number of carbonyl (C=O) groups is 2. The number of aliphatic hydroxyl groups excluding tert-OH is 1. The number of hydrogen-bond acceptors (Lipinski definition) is 4. The van der Waals surface area contributed by atoms with Crippen LogP contribution in [0.2, 0.25) is 0 Å². The molecule has 0 spiro atoms. The Morgan fingerprint density at radius 2 is 1.82 bits per heavy atom. The highest BCUT2D eigenvalue weighted by Crippen LogP contribution is 2.22. The number of nitrogens with zero attached hydrogens (tertiary/aromatic N) is 1. The van der Waals surface area contributed by atoms with E-state index in [9.17, 15) is 14.7 Å². The van der Waals surface area contributed by atoms with Crippen LogP contribution in [-0.4, -0.2) is 47.7 Å². The van der Waals surface area contributed by atoms with Crippen LogP contribution in [0.15, 0.2) is 66.7 Å². The van der Waals surface area contributed by atoms with Crippen LogP contribution in [0, 0.1) is 5.92 Å². The number of likely N-dealkylation sites (tertiary alicyclic amines) is 1. The van der Waals surface area contributed by atoms with E-state index in [-0.39, 0.29) is 23.8 Å². The summed E-state index contributed by atoms with van der Waals surface area (Å²) in [6.45, 7) is 2.70. The third-order valence-electron chi connectivity index (χ3n) is 6.47. The van der Waals surface area contributed by atoms with E-state index < -0.39 is 6.10 Å². The van der Waals surface area contributed by atoms with Crippen molar-refractivity contribution in [3.05, 3.63) is 83.4 Å². The zero-order valence-corrected chi connectivity index (χ0v) is 19.7. The molecule has 1 aliphatic heterocycles. The lowest BCUT2D eigenvalue weighted by atomic mass is 9.95. The van der Waals surface area contributed by atoms with Gasteiger partial charge in [-0.1, -0.05) is 61.5 Å². The summed E-state index contributed by atoms with van der Waals surface area (Å²) < 4.78 is 4.73. The van der Waals surface area contributed by atoms with E-state index in [1.54, 1.807) is 12.1 Å². The smallest absolute Gasteiger partial charge is 0.337 e. The summed E-state index contributed by atoms with van der Waals surface area (Å²) in [5.41, 5.74) is 2.91. The molecule has 1 aliphatic rings. The first kappa shape index (κ1) is 24.7. The highest BCUT2D eigenvalue weighted by molar-refractivity contribution is 5.89. The number of benzene rings is 2. The van der Waals surface area contributed by atoms with Gasteiger partial charge in [0.15, 0.2) is 0 Å². The molecule has 3 rings (SSSR count). The lowest BCUT2D eigenvalue weighted by Crippen LogP contribution is -2.34. The topological polar surface area (TPSA) is 66.8 Å². The summed E-state index contributed by atoms with van der Waals surface area (Å²) in [6.07, 6.45) is 8.42. The minimum absolute atomic E-state index is 0.0259. The molecular weight excluding hydrogens is 414 g/mol. The Bertz CT molecular complexity index is 923. The number of hydrogen-bond donors (Lipinski definition) is 1. The maximum absolute atomic E-state index is 12.4. The number of aryl methyl sites for hydroxylation is 1. The minimum Gasteiger partial charge on any atom is -0.465 e. The summed E-state index contributed by atoms with van der Waals surface area (Å²) in [5.74, 6) is -0.0283. The van der Waals surface area contributed by atoms with Crippen molar-refractivity contribution in [3.63, 3.8) is 0 Å². The molecule has 2 aromatic rings. The Morgan fingerprint density at radius 1 is 1.12 bits per heavy atom. The summed E-state index contributed by atoms with van der Waals surface area (Å²) in [6, 6.07) is 17.7. The van der Waals surface area contributed by atoms with Gasteiger partial charge in [0.2, 0.25) is 5.91 Å². The van der Waals surface area contributed by atoms with Crippen molar-refractivity contribution in [2.24, 2.45) is 5.92 Å². The van der Waals surface area contributed by atoms with Crippen molar-refractivity contribution in [2.45, 2.75) is 57.6 Å². The van der Waals surface area contributed by atoms with Crippen LogP contribution < -0.4 is 0 Å². The molecule has 1 amide bonds. The number of esters is 1. The Kier molecular flexibility index (Phi) is 9.25. The second-order valence-electron chi connectivity index (χ2n) is 8.86. The van der Waals surface area contributed by atoms with Crippen molar-refractivity contribution >= 4 is 11.9 Å². The van der Waals surface area contributed by atoms with Gasteiger partial charge in [-0.25, -0.2) is 4.79 Å². The number of methoxy groups -OCH3 is 1. The molecule has 1 N–H and O–H groups in total. The van der Waals surface area contributed by atoms with E-state index in [2.05, 4.69) is 31.2 Å². The van der Waals surface area contributed by atoms with Crippen LogP contribution >= 0.6 is 0 Å². The van der Waals surface area contributed by atoms with Gasteiger partial charge in [0, 0.05) is 13.0 Å². The monoisotopic (exact) mass is 449 g/mol. The van der Waals surface area contributed by atoms with Gasteiger partial charge in [0.1, 0.15) is 0 Å². The van der Waals surface area contributed by atoms with E-state index in [1.807, 2.05) is 35.3 Å². The lowest BCUT2D eigenvalue weighted by molar-refractivity contribution is -0.128. The van der Waals surface area contributed by atoms with E-state index in [0.717, 1.165) is 37.7 Å². The SMILES string of the molecule is COC(=O)c1ccc(CCN2C(=O)CC[C@@H]2/C=C/[C@@H](O)[C@@H](C)CCCc2ccccc2)cc1. The third-order valence-corrected chi connectivity index (χ3v) is 6.47. The van der Waals surface area contributed by atoms with E-state index in [1.165, 1.54) is 12.7 Å². The lowest BCUT2D eigenvalue weighted by Gasteiger charge is -2.23. The normalized spacial score (nSPS) is 18.0. The number of ether oxygens (including phenoxy) is 1. The van der Waals surface area contributed by atoms with Gasteiger partial charge in [-0.15, -0.1) is 0 Å². The molecule has 0 aromatic heterocycles. The van der Waals surface area contributed by atoms with Crippen LogP contribution in [0.4, 0.5) is 0 Å². The first-order valence-electron chi connectivity index (χ1n) is 11.8. The third kappa shape index (κ3) is 7.29. The molecule has 33 heavy (non-hydrogen) atoms. The van der Waals surface area contributed by atoms with Crippen LogP contribution in [0.3, 0.4) is 0 Å². The number of carbonyl (C=O) groups excluding carboxylic acids is 2. The molecule has 3 atom stereocenters. The van der Waals surface area contributed by atoms with Crippen molar-refractivity contribution < 1.29 is 19.4 Å². The predicted molar refractivity (Wildman–Crippen MR) is 130 cm³/mol. The summed E-state index contributed by atoms with van der Waals surface area (Å²) in [5, 5.41) is 10.6. The average Bonchev–Trinajstić information content (AvgIpc) is 3.20. The van der Waals surface area contributed by atoms with Gasteiger partial charge in [0.25, 0.3) is 0 Å². The van der Waals surface area contributed by atoms with Crippen molar-refractivity contribution in [1.82, 2.24) is 4.90 Å². The maximum atomic E-state index is 12.4. The second kappa shape index (κ2) is 12.4. The molecule has 1 fully saturated rings. The second-order valence-corrected chi connectivity index (χ2v) is 8.86. The molecule has 2 aromatic carbocycles. The van der Waals surface area contributed by atoms with Gasteiger partial charge >= 0.3 is 5.97 Å². The van der Waals surface area contributed by atoms with Gasteiger partial charge < -0.3 is 14.7 Å². The Hall–Kier alpha value is -2.92. The summed E-state index contributed by atoms with van der Waals surface area (Å²) in [4.78, 5) is 25.9. The minimum atomic E-state index is -0.510. The molecule has 176 valence electrons.